The Morgan fingerprint density at radius 2 is 1.85 bits per heavy atom. The maximum absolute atomic E-state index is 12.1. The van der Waals surface area contributed by atoms with Gasteiger partial charge >= 0.3 is 0 Å². The summed E-state index contributed by atoms with van der Waals surface area (Å²) in [6.07, 6.45) is 8.23. The van der Waals surface area contributed by atoms with E-state index in [-0.39, 0.29) is 5.91 Å². The number of rotatable bonds is 4. The van der Waals surface area contributed by atoms with Crippen LogP contribution in [0.5, 0.6) is 0 Å². The molecule has 1 aliphatic carbocycles. The molecule has 130 valence electrons. The van der Waals surface area contributed by atoms with Crippen molar-refractivity contribution in [2.75, 3.05) is 5.32 Å². The van der Waals surface area contributed by atoms with Crippen LogP contribution in [0.3, 0.4) is 0 Å². The number of anilines is 1. The van der Waals surface area contributed by atoms with E-state index in [1.165, 1.54) is 47.8 Å². The van der Waals surface area contributed by atoms with Gasteiger partial charge in [0.1, 0.15) is 0 Å². The molecule has 1 aromatic heterocycles. The summed E-state index contributed by atoms with van der Waals surface area (Å²) in [4.78, 5) is 16.7. The topological polar surface area (TPSA) is 42.0 Å². The number of hydrogen-bond acceptors (Lipinski definition) is 3. The number of thiazole rings is 1. The maximum atomic E-state index is 12.1. The zero-order valence-electron chi connectivity index (χ0n) is 14.4. The monoisotopic (exact) mass is 360 g/mol. The van der Waals surface area contributed by atoms with E-state index < -0.39 is 0 Å². The highest BCUT2D eigenvalue weighted by molar-refractivity contribution is 7.14. The van der Waals surface area contributed by atoms with Gasteiger partial charge in [-0.05, 0) is 54.5 Å². The molecule has 0 spiro atoms. The minimum absolute atomic E-state index is 0.166. The first-order valence-corrected chi connectivity index (χ1v) is 9.78. The Morgan fingerprint density at radius 3 is 2.69 bits per heavy atom. The lowest BCUT2D eigenvalue weighted by Gasteiger charge is -2.16. The molecule has 1 aliphatic rings. The number of aryl methyl sites for hydroxylation is 2. The summed E-state index contributed by atoms with van der Waals surface area (Å²) in [6, 6.07) is 16.4. The summed E-state index contributed by atoms with van der Waals surface area (Å²) < 4.78 is 0. The second-order valence-electron chi connectivity index (χ2n) is 6.46. The molecule has 0 atom stereocenters. The third kappa shape index (κ3) is 3.92. The predicted molar refractivity (Wildman–Crippen MR) is 108 cm³/mol. The fourth-order valence-electron chi connectivity index (χ4n) is 3.24. The normalized spacial score (nSPS) is 13.5. The van der Waals surface area contributed by atoms with Crippen molar-refractivity contribution in [3.63, 3.8) is 0 Å². The molecule has 3 aromatic rings. The lowest BCUT2D eigenvalue weighted by molar-refractivity contribution is -0.111. The van der Waals surface area contributed by atoms with Crippen LogP contribution in [0.4, 0.5) is 5.13 Å². The molecule has 1 heterocycles. The van der Waals surface area contributed by atoms with Gasteiger partial charge in [0, 0.05) is 17.0 Å². The van der Waals surface area contributed by atoms with E-state index in [2.05, 4.69) is 28.5 Å². The highest BCUT2D eigenvalue weighted by atomic mass is 32.1. The summed E-state index contributed by atoms with van der Waals surface area (Å²) >= 11 is 1.45. The second-order valence-corrected chi connectivity index (χ2v) is 7.32. The van der Waals surface area contributed by atoms with Gasteiger partial charge in [-0.3, -0.25) is 10.1 Å². The van der Waals surface area contributed by atoms with E-state index in [1.807, 2.05) is 35.7 Å². The molecule has 0 saturated heterocycles. The Kier molecular flexibility index (Phi) is 4.93. The fraction of sp³-hybridized carbons (Fsp3) is 0.182. The molecule has 0 bridgehead atoms. The SMILES string of the molecule is O=C(/C=C/c1ccccc1)Nc1nc(-c2ccc3c(c2)CCCC3)cs1. The lowest BCUT2D eigenvalue weighted by Crippen LogP contribution is -2.07. The van der Waals surface area contributed by atoms with Gasteiger partial charge < -0.3 is 0 Å². The molecule has 1 N–H and O–H groups in total. The predicted octanol–water partition coefficient (Wildman–Crippen LogP) is 5.34. The first-order chi connectivity index (χ1) is 12.8. The van der Waals surface area contributed by atoms with Crippen molar-refractivity contribution >= 4 is 28.5 Å². The van der Waals surface area contributed by atoms with Gasteiger partial charge in [-0.2, -0.15) is 0 Å². The van der Waals surface area contributed by atoms with Crippen LogP contribution in [-0.4, -0.2) is 10.9 Å². The maximum Gasteiger partial charge on any atom is 0.250 e. The van der Waals surface area contributed by atoms with Crippen molar-refractivity contribution in [3.8, 4) is 11.3 Å². The van der Waals surface area contributed by atoms with E-state index in [0.29, 0.717) is 5.13 Å². The van der Waals surface area contributed by atoms with Crippen LogP contribution in [0, 0.1) is 0 Å². The van der Waals surface area contributed by atoms with Crippen molar-refractivity contribution < 1.29 is 4.79 Å². The quantitative estimate of drug-likeness (QED) is 0.638. The average Bonchev–Trinajstić information content (AvgIpc) is 3.15. The van der Waals surface area contributed by atoms with Crippen molar-refractivity contribution in [2.45, 2.75) is 25.7 Å². The first kappa shape index (κ1) is 16.7. The van der Waals surface area contributed by atoms with Gasteiger partial charge in [0.25, 0.3) is 0 Å². The number of aromatic nitrogens is 1. The number of nitrogens with zero attached hydrogens (tertiary/aromatic N) is 1. The van der Waals surface area contributed by atoms with Gasteiger partial charge in [0.05, 0.1) is 5.69 Å². The standard InChI is InChI=1S/C22H20N2OS/c25-21(13-10-16-6-2-1-3-7-16)24-22-23-20(15-26-22)19-12-11-17-8-4-5-9-18(17)14-19/h1-3,6-7,10-15H,4-5,8-9H2,(H,23,24,25)/b13-10+. The van der Waals surface area contributed by atoms with Crippen LogP contribution in [0.25, 0.3) is 17.3 Å². The summed E-state index contributed by atoms with van der Waals surface area (Å²) in [6.45, 7) is 0. The number of carbonyl (C=O) groups excluding carboxylic acids is 1. The number of amides is 1. The minimum Gasteiger partial charge on any atom is -0.298 e. The zero-order chi connectivity index (χ0) is 17.8. The third-order valence-corrected chi connectivity index (χ3v) is 5.36. The Morgan fingerprint density at radius 1 is 1.04 bits per heavy atom. The Balaban J connectivity index is 1.45. The van der Waals surface area contributed by atoms with Crippen molar-refractivity contribution in [2.24, 2.45) is 0 Å². The molecule has 4 heteroatoms. The molecule has 0 radical (unpaired) electrons. The Hall–Kier alpha value is -2.72. The van der Waals surface area contributed by atoms with E-state index in [9.17, 15) is 4.79 Å². The van der Waals surface area contributed by atoms with E-state index in [4.69, 9.17) is 0 Å². The largest absolute Gasteiger partial charge is 0.298 e. The zero-order valence-corrected chi connectivity index (χ0v) is 15.3. The number of fused-ring (bicyclic) bond motifs is 1. The lowest BCUT2D eigenvalue weighted by atomic mass is 9.90. The molecular weight excluding hydrogens is 340 g/mol. The van der Waals surface area contributed by atoms with Gasteiger partial charge in [-0.1, -0.05) is 42.5 Å². The summed E-state index contributed by atoms with van der Waals surface area (Å²) in [5, 5.41) is 5.47. The highest BCUT2D eigenvalue weighted by Gasteiger charge is 2.12. The number of hydrogen-bond donors (Lipinski definition) is 1. The summed E-state index contributed by atoms with van der Waals surface area (Å²) in [5.74, 6) is -0.166. The number of benzene rings is 2. The van der Waals surface area contributed by atoms with Gasteiger partial charge in [-0.25, -0.2) is 4.98 Å². The van der Waals surface area contributed by atoms with E-state index >= 15 is 0 Å². The third-order valence-electron chi connectivity index (χ3n) is 4.61. The molecule has 26 heavy (non-hydrogen) atoms. The molecule has 1 amide bonds. The molecule has 0 saturated carbocycles. The van der Waals surface area contributed by atoms with Crippen molar-refractivity contribution in [3.05, 3.63) is 76.7 Å². The van der Waals surface area contributed by atoms with Crippen molar-refractivity contribution in [1.29, 1.82) is 0 Å². The molecule has 2 aromatic carbocycles. The molecular formula is C22H20N2OS. The van der Waals surface area contributed by atoms with Crippen LogP contribution < -0.4 is 5.32 Å². The van der Waals surface area contributed by atoms with Gasteiger partial charge in [0.2, 0.25) is 5.91 Å². The smallest absolute Gasteiger partial charge is 0.250 e. The van der Waals surface area contributed by atoms with Crippen LogP contribution in [0.2, 0.25) is 0 Å². The second kappa shape index (κ2) is 7.67. The number of nitrogens with one attached hydrogen (secondary N) is 1. The van der Waals surface area contributed by atoms with Crippen molar-refractivity contribution in [1.82, 2.24) is 4.98 Å². The minimum atomic E-state index is -0.166. The molecule has 4 rings (SSSR count). The summed E-state index contributed by atoms with van der Waals surface area (Å²) in [7, 11) is 0. The van der Waals surface area contributed by atoms with Crippen LogP contribution >= 0.6 is 11.3 Å². The molecule has 3 nitrogen and oxygen atoms in total. The fourth-order valence-corrected chi connectivity index (χ4v) is 3.96. The van der Waals surface area contributed by atoms with Crippen LogP contribution in [0.15, 0.2) is 60.0 Å². The van der Waals surface area contributed by atoms with E-state index in [0.717, 1.165) is 23.2 Å². The van der Waals surface area contributed by atoms with Gasteiger partial charge in [0.15, 0.2) is 5.13 Å². The van der Waals surface area contributed by atoms with E-state index in [1.54, 1.807) is 6.08 Å². The molecule has 0 fully saturated rings. The molecule has 0 unspecified atom stereocenters. The Bertz CT molecular complexity index is 944. The van der Waals surface area contributed by atoms with Gasteiger partial charge in [-0.15, -0.1) is 11.3 Å². The number of carbonyl (C=O) groups is 1. The highest BCUT2D eigenvalue weighted by Crippen LogP contribution is 2.29. The Labute approximate surface area is 157 Å². The van der Waals surface area contributed by atoms with Crippen LogP contribution in [0.1, 0.15) is 29.5 Å². The summed E-state index contributed by atoms with van der Waals surface area (Å²) in [5.41, 5.74) is 5.96. The first-order valence-electron chi connectivity index (χ1n) is 8.90. The molecule has 0 aliphatic heterocycles. The average molecular weight is 360 g/mol. The van der Waals surface area contributed by atoms with Crippen LogP contribution in [-0.2, 0) is 17.6 Å².